The molecule has 21 heavy (non-hydrogen) atoms. The van der Waals surface area contributed by atoms with Gasteiger partial charge >= 0.3 is 0 Å². The Bertz CT molecular complexity index is 795. The highest BCUT2D eigenvalue weighted by molar-refractivity contribution is 7.92. The third-order valence-electron chi connectivity index (χ3n) is 3.72. The number of hydrogen-bond acceptors (Lipinski definition) is 3. The summed E-state index contributed by atoms with van der Waals surface area (Å²) in [6.45, 7) is 3.81. The monoisotopic (exact) mass is 309 g/mol. The summed E-state index contributed by atoms with van der Waals surface area (Å²) in [6.07, 6.45) is 1.14. The number of rotatable bonds is 2. The van der Waals surface area contributed by atoms with E-state index >= 15 is 0 Å². The van der Waals surface area contributed by atoms with E-state index in [1.54, 1.807) is 26.0 Å². The smallest absolute Gasteiger partial charge is 0.297 e. The van der Waals surface area contributed by atoms with Crippen LogP contribution in [-0.2, 0) is 16.4 Å². The Morgan fingerprint density at radius 1 is 1.19 bits per heavy atom. The van der Waals surface area contributed by atoms with Gasteiger partial charge in [0.05, 0.1) is 5.69 Å². The Hall–Kier alpha value is -1.82. The van der Waals surface area contributed by atoms with E-state index in [2.05, 4.69) is 0 Å². The first kappa shape index (κ1) is 14.1. The van der Waals surface area contributed by atoms with Gasteiger partial charge in [0.1, 0.15) is 11.6 Å². The molecule has 0 unspecified atom stereocenters. The first-order valence-electron chi connectivity index (χ1n) is 6.78. The zero-order valence-electron chi connectivity index (χ0n) is 11.9. The van der Waals surface area contributed by atoms with Crippen LogP contribution in [0, 0.1) is 19.7 Å². The zero-order chi connectivity index (χ0) is 15.2. The van der Waals surface area contributed by atoms with Crippen LogP contribution in [0.4, 0.5) is 10.1 Å². The van der Waals surface area contributed by atoms with E-state index in [4.69, 9.17) is 4.42 Å². The number of anilines is 1. The highest BCUT2D eigenvalue weighted by Gasteiger charge is 2.33. The summed E-state index contributed by atoms with van der Waals surface area (Å²) in [7, 11) is -3.79. The van der Waals surface area contributed by atoms with E-state index in [1.165, 1.54) is 16.4 Å². The number of sulfonamides is 1. The number of nitrogens with zero attached hydrogens (tertiary/aromatic N) is 1. The summed E-state index contributed by atoms with van der Waals surface area (Å²) in [5, 5.41) is -0.100. The number of fused-ring (bicyclic) bond motifs is 1. The molecular formula is C15H16FNO3S. The molecule has 2 heterocycles. The first-order chi connectivity index (χ1) is 9.91. The topological polar surface area (TPSA) is 50.5 Å². The molecule has 0 N–H and O–H groups in total. The van der Waals surface area contributed by atoms with Crippen molar-refractivity contribution in [2.45, 2.75) is 31.8 Å². The van der Waals surface area contributed by atoms with E-state index in [0.717, 1.165) is 5.56 Å². The fourth-order valence-electron chi connectivity index (χ4n) is 2.72. The molecule has 0 amide bonds. The predicted octanol–water partition coefficient (Wildman–Crippen LogP) is 3.18. The van der Waals surface area contributed by atoms with Gasteiger partial charge in [0.15, 0.2) is 0 Å². The minimum Gasteiger partial charge on any atom is -0.448 e. The standard InChI is InChI=1S/C15H16FNO3S/c1-10-5-7-13(16)12-4-3-9-17(15(10)12)21(18,19)14-8-6-11(2)20-14/h5-8H,3-4,9H2,1-2H3. The Kier molecular flexibility index (Phi) is 3.28. The highest BCUT2D eigenvalue weighted by atomic mass is 32.2. The fraction of sp³-hybridized carbons (Fsp3) is 0.333. The molecule has 0 atom stereocenters. The van der Waals surface area contributed by atoms with Crippen molar-refractivity contribution in [2.24, 2.45) is 0 Å². The van der Waals surface area contributed by atoms with Crippen molar-refractivity contribution in [1.29, 1.82) is 0 Å². The number of hydrogen-bond donors (Lipinski definition) is 0. The van der Waals surface area contributed by atoms with E-state index in [-0.39, 0.29) is 10.9 Å². The number of halogens is 1. The van der Waals surface area contributed by atoms with E-state index < -0.39 is 10.0 Å². The summed E-state index contributed by atoms with van der Waals surface area (Å²) < 4.78 is 46.0. The maximum atomic E-state index is 14.0. The Morgan fingerprint density at radius 2 is 1.95 bits per heavy atom. The van der Waals surface area contributed by atoms with Crippen LogP contribution >= 0.6 is 0 Å². The molecule has 0 spiro atoms. The predicted molar refractivity (Wildman–Crippen MR) is 77.4 cm³/mol. The van der Waals surface area contributed by atoms with Crippen LogP contribution in [0.3, 0.4) is 0 Å². The van der Waals surface area contributed by atoms with Crippen molar-refractivity contribution in [3.63, 3.8) is 0 Å². The zero-order valence-corrected chi connectivity index (χ0v) is 12.7. The molecule has 0 bridgehead atoms. The minimum atomic E-state index is -3.79. The van der Waals surface area contributed by atoms with Crippen molar-refractivity contribution in [3.8, 4) is 0 Å². The molecule has 1 aliphatic heterocycles. The number of furan rings is 1. The SMILES string of the molecule is Cc1ccc(S(=O)(=O)N2CCCc3c(F)ccc(C)c32)o1. The second kappa shape index (κ2) is 4.87. The Morgan fingerprint density at radius 3 is 2.62 bits per heavy atom. The maximum absolute atomic E-state index is 14.0. The lowest BCUT2D eigenvalue weighted by Gasteiger charge is -2.31. The van der Waals surface area contributed by atoms with Gasteiger partial charge in [-0.1, -0.05) is 6.07 Å². The van der Waals surface area contributed by atoms with Crippen molar-refractivity contribution >= 4 is 15.7 Å². The molecular weight excluding hydrogens is 293 g/mol. The molecule has 0 saturated heterocycles. The van der Waals surface area contributed by atoms with Crippen LogP contribution in [0.1, 0.15) is 23.3 Å². The van der Waals surface area contributed by atoms with Crippen molar-refractivity contribution < 1.29 is 17.2 Å². The van der Waals surface area contributed by atoms with E-state index in [1.807, 2.05) is 0 Å². The summed E-state index contributed by atoms with van der Waals surface area (Å²) in [5.74, 6) is 0.174. The third-order valence-corrected chi connectivity index (χ3v) is 5.40. The molecule has 0 aliphatic carbocycles. The second-order valence-electron chi connectivity index (χ2n) is 5.24. The lowest BCUT2D eigenvalue weighted by molar-refractivity contribution is 0.427. The van der Waals surface area contributed by atoms with Gasteiger partial charge in [0, 0.05) is 12.1 Å². The molecule has 6 heteroatoms. The van der Waals surface area contributed by atoms with Gasteiger partial charge < -0.3 is 4.42 Å². The lowest BCUT2D eigenvalue weighted by Crippen LogP contribution is -2.36. The van der Waals surface area contributed by atoms with Crippen LogP contribution in [-0.4, -0.2) is 15.0 Å². The molecule has 0 radical (unpaired) electrons. The minimum absolute atomic E-state index is 0.100. The maximum Gasteiger partial charge on any atom is 0.297 e. The van der Waals surface area contributed by atoms with Crippen molar-refractivity contribution in [2.75, 3.05) is 10.8 Å². The van der Waals surface area contributed by atoms with Crippen LogP contribution in [0.5, 0.6) is 0 Å². The molecule has 2 aromatic rings. The normalized spacial score (nSPS) is 15.1. The van der Waals surface area contributed by atoms with Gasteiger partial charge in [-0.15, -0.1) is 0 Å². The average Bonchev–Trinajstić information content (AvgIpc) is 2.90. The summed E-state index contributed by atoms with van der Waals surface area (Å²) >= 11 is 0. The number of aryl methyl sites for hydroxylation is 2. The highest BCUT2D eigenvalue weighted by Crippen LogP contribution is 2.36. The van der Waals surface area contributed by atoms with Gasteiger partial charge in [0.25, 0.3) is 10.0 Å². The molecule has 1 aromatic carbocycles. The fourth-order valence-corrected chi connectivity index (χ4v) is 4.28. The largest absolute Gasteiger partial charge is 0.448 e. The molecule has 1 aliphatic rings. The van der Waals surface area contributed by atoms with Crippen molar-refractivity contribution in [1.82, 2.24) is 0 Å². The Labute approximate surface area is 123 Å². The quantitative estimate of drug-likeness (QED) is 0.856. The van der Waals surface area contributed by atoms with Gasteiger partial charge in [-0.05, 0) is 50.5 Å². The van der Waals surface area contributed by atoms with Crippen LogP contribution in [0.2, 0.25) is 0 Å². The molecule has 1 aromatic heterocycles. The van der Waals surface area contributed by atoms with Crippen LogP contribution in [0.15, 0.2) is 33.8 Å². The second-order valence-corrected chi connectivity index (χ2v) is 7.03. The number of benzene rings is 1. The summed E-state index contributed by atoms with van der Waals surface area (Å²) in [4.78, 5) is 0. The van der Waals surface area contributed by atoms with Gasteiger partial charge in [-0.25, -0.2) is 4.39 Å². The third kappa shape index (κ3) is 2.23. The molecule has 4 nitrogen and oxygen atoms in total. The first-order valence-corrected chi connectivity index (χ1v) is 8.22. The van der Waals surface area contributed by atoms with Crippen LogP contribution in [0.25, 0.3) is 0 Å². The van der Waals surface area contributed by atoms with Gasteiger partial charge in [0.2, 0.25) is 5.09 Å². The average molecular weight is 309 g/mol. The Balaban J connectivity index is 2.17. The van der Waals surface area contributed by atoms with E-state index in [0.29, 0.717) is 36.4 Å². The van der Waals surface area contributed by atoms with E-state index in [9.17, 15) is 12.8 Å². The molecule has 0 saturated carbocycles. The van der Waals surface area contributed by atoms with Crippen molar-refractivity contribution in [3.05, 3.63) is 47.0 Å². The summed E-state index contributed by atoms with van der Waals surface area (Å²) in [5.41, 5.74) is 1.67. The van der Waals surface area contributed by atoms with Gasteiger partial charge in [-0.2, -0.15) is 8.42 Å². The van der Waals surface area contributed by atoms with Crippen LogP contribution < -0.4 is 4.31 Å². The van der Waals surface area contributed by atoms with Gasteiger partial charge in [-0.3, -0.25) is 4.31 Å². The summed E-state index contributed by atoms with van der Waals surface area (Å²) in [6, 6.07) is 6.04. The molecule has 112 valence electrons. The molecule has 0 fully saturated rings. The molecule has 3 rings (SSSR count). The lowest BCUT2D eigenvalue weighted by atomic mass is 9.99.